The third kappa shape index (κ3) is 3.33. The molecule has 1 atom stereocenters. The Hall–Kier alpha value is -1.98. The second-order valence-electron chi connectivity index (χ2n) is 7.75. The number of likely N-dealkylation sites (tertiary alicyclic amines) is 1. The molecule has 2 aliphatic rings. The zero-order chi connectivity index (χ0) is 18.1. The molecule has 0 spiro atoms. The molecule has 5 heteroatoms. The van der Waals surface area contributed by atoms with Gasteiger partial charge in [-0.05, 0) is 24.5 Å². The summed E-state index contributed by atoms with van der Waals surface area (Å²) in [6, 6.07) is 10.5. The molecule has 0 saturated carbocycles. The van der Waals surface area contributed by atoms with E-state index in [1.54, 1.807) is 0 Å². The number of pyridine rings is 1. The fourth-order valence-electron chi connectivity index (χ4n) is 4.11. The number of nitrogens with one attached hydrogen (secondary N) is 1. The van der Waals surface area contributed by atoms with Gasteiger partial charge in [0.15, 0.2) is 0 Å². The highest BCUT2D eigenvalue weighted by Gasteiger charge is 2.32. The van der Waals surface area contributed by atoms with Gasteiger partial charge in [0.2, 0.25) is 0 Å². The molecule has 3 heterocycles. The van der Waals surface area contributed by atoms with E-state index in [0.29, 0.717) is 12.0 Å². The summed E-state index contributed by atoms with van der Waals surface area (Å²) in [6.07, 6.45) is 1.08. The van der Waals surface area contributed by atoms with Crippen molar-refractivity contribution < 1.29 is 4.79 Å². The summed E-state index contributed by atoms with van der Waals surface area (Å²) in [5.41, 5.74) is 2.71. The molecule has 5 nitrogen and oxygen atoms in total. The SMILES string of the molecule is CC(C)c1cc(C(=O)N2CCC(N3CCNCC3)C2)c2ccccc2n1. The van der Waals surface area contributed by atoms with Crippen LogP contribution in [-0.4, -0.2) is 66.0 Å². The van der Waals surface area contributed by atoms with Crippen LogP contribution < -0.4 is 5.32 Å². The van der Waals surface area contributed by atoms with Gasteiger partial charge in [-0.1, -0.05) is 32.0 Å². The largest absolute Gasteiger partial charge is 0.337 e. The fourth-order valence-corrected chi connectivity index (χ4v) is 4.11. The Morgan fingerprint density at radius 3 is 2.73 bits per heavy atom. The summed E-state index contributed by atoms with van der Waals surface area (Å²) in [7, 11) is 0. The molecule has 26 heavy (non-hydrogen) atoms. The minimum atomic E-state index is 0.156. The quantitative estimate of drug-likeness (QED) is 0.922. The first-order valence-electron chi connectivity index (χ1n) is 9.77. The van der Waals surface area contributed by atoms with Gasteiger partial charge in [0.1, 0.15) is 0 Å². The average molecular weight is 352 g/mol. The minimum Gasteiger partial charge on any atom is -0.337 e. The summed E-state index contributed by atoms with van der Waals surface area (Å²) < 4.78 is 0. The van der Waals surface area contributed by atoms with E-state index in [9.17, 15) is 4.79 Å². The van der Waals surface area contributed by atoms with E-state index in [1.165, 1.54) is 0 Å². The van der Waals surface area contributed by atoms with Crippen LogP contribution in [0.15, 0.2) is 30.3 Å². The first-order valence-corrected chi connectivity index (χ1v) is 9.77. The van der Waals surface area contributed by atoms with Gasteiger partial charge in [-0.3, -0.25) is 14.7 Å². The van der Waals surface area contributed by atoms with Gasteiger partial charge in [-0.2, -0.15) is 0 Å². The first kappa shape index (κ1) is 17.4. The number of piperazine rings is 1. The zero-order valence-corrected chi connectivity index (χ0v) is 15.7. The predicted molar refractivity (Wildman–Crippen MR) is 105 cm³/mol. The van der Waals surface area contributed by atoms with Crippen molar-refractivity contribution in [3.63, 3.8) is 0 Å². The molecule has 4 rings (SSSR count). The van der Waals surface area contributed by atoms with Gasteiger partial charge in [0, 0.05) is 56.4 Å². The normalized spacial score (nSPS) is 21.7. The van der Waals surface area contributed by atoms with Crippen LogP contribution in [0.25, 0.3) is 10.9 Å². The molecule has 2 saturated heterocycles. The first-order chi connectivity index (χ1) is 12.6. The van der Waals surface area contributed by atoms with Crippen molar-refractivity contribution in [1.29, 1.82) is 0 Å². The summed E-state index contributed by atoms with van der Waals surface area (Å²) in [4.78, 5) is 22.7. The second-order valence-corrected chi connectivity index (χ2v) is 7.75. The Kier molecular flexibility index (Phi) is 4.92. The maximum atomic E-state index is 13.3. The van der Waals surface area contributed by atoms with E-state index in [4.69, 9.17) is 4.98 Å². The van der Waals surface area contributed by atoms with Crippen LogP contribution in [0, 0.1) is 0 Å². The van der Waals surface area contributed by atoms with E-state index in [0.717, 1.165) is 67.8 Å². The van der Waals surface area contributed by atoms with Crippen LogP contribution in [0.4, 0.5) is 0 Å². The number of fused-ring (bicyclic) bond motifs is 1. The van der Waals surface area contributed by atoms with Crippen molar-refractivity contribution >= 4 is 16.8 Å². The van der Waals surface area contributed by atoms with Crippen LogP contribution in [0.1, 0.15) is 42.2 Å². The summed E-state index contributed by atoms with van der Waals surface area (Å²) in [5.74, 6) is 0.460. The number of hydrogen-bond acceptors (Lipinski definition) is 4. The van der Waals surface area contributed by atoms with Crippen molar-refractivity contribution in [3.05, 3.63) is 41.6 Å². The van der Waals surface area contributed by atoms with E-state index >= 15 is 0 Å². The molecule has 0 aliphatic carbocycles. The Bertz CT molecular complexity index is 798. The van der Waals surface area contributed by atoms with Gasteiger partial charge in [-0.25, -0.2) is 0 Å². The van der Waals surface area contributed by atoms with E-state index < -0.39 is 0 Å². The van der Waals surface area contributed by atoms with Crippen LogP contribution in [0.5, 0.6) is 0 Å². The number of nitrogens with zero attached hydrogens (tertiary/aromatic N) is 3. The van der Waals surface area contributed by atoms with Crippen LogP contribution in [-0.2, 0) is 0 Å². The van der Waals surface area contributed by atoms with Gasteiger partial charge >= 0.3 is 0 Å². The lowest BCUT2D eigenvalue weighted by Gasteiger charge is -2.32. The molecule has 0 bridgehead atoms. The maximum Gasteiger partial charge on any atom is 0.254 e. The standard InChI is InChI=1S/C21H28N4O/c1-15(2)20-13-18(17-5-3-4-6-19(17)23-20)21(26)25-10-7-16(14-25)24-11-8-22-9-12-24/h3-6,13,15-16,22H,7-12,14H2,1-2H3. The van der Waals surface area contributed by atoms with Crippen molar-refractivity contribution in [2.75, 3.05) is 39.3 Å². The number of hydrogen-bond donors (Lipinski definition) is 1. The zero-order valence-electron chi connectivity index (χ0n) is 15.7. The summed E-state index contributed by atoms with van der Waals surface area (Å²) in [5, 5.41) is 4.37. The van der Waals surface area contributed by atoms with Crippen LogP contribution in [0.2, 0.25) is 0 Å². The number of amides is 1. The average Bonchev–Trinajstić information content (AvgIpc) is 3.17. The molecule has 138 valence electrons. The van der Waals surface area contributed by atoms with Gasteiger partial charge in [0.25, 0.3) is 5.91 Å². The lowest BCUT2D eigenvalue weighted by molar-refractivity contribution is 0.0775. The van der Waals surface area contributed by atoms with Crippen molar-refractivity contribution in [3.8, 4) is 0 Å². The van der Waals surface area contributed by atoms with Gasteiger partial charge in [0.05, 0.1) is 11.1 Å². The van der Waals surface area contributed by atoms with E-state index in [-0.39, 0.29) is 5.91 Å². The summed E-state index contributed by atoms with van der Waals surface area (Å²) in [6.45, 7) is 10.2. The summed E-state index contributed by atoms with van der Waals surface area (Å²) >= 11 is 0. The second kappa shape index (κ2) is 7.33. The van der Waals surface area contributed by atoms with Crippen LogP contribution >= 0.6 is 0 Å². The lowest BCUT2D eigenvalue weighted by Crippen LogP contribution is -2.49. The molecule has 1 unspecified atom stereocenters. The molecule has 2 fully saturated rings. The molecule has 1 aromatic carbocycles. The fraction of sp³-hybridized carbons (Fsp3) is 0.524. The monoisotopic (exact) mass is 352 g/mol. The Morgan fingerprint density at radius 2 is 1.96 bits per heavy atom. The Balaban J connectivity index is 1.60. The molecule has 2 aliphatic heterocycles. The smallest absolute Gasteiger partial charge is 0.254 e. The number of carbonyl (C=O) groups excluding carboxylic acids is 1. The minimum absolute atomic E-state index is 0.156. The highest BCUT2D eigenvalue weighted by Crippen LogP contribution is 2.26. The Labute approximate surface area is 155 Å². The molecular weight excluding hydrogens is 324 g/mol. The Morgan fingerprint density at radius 1 is 1.19 bits per heavy atom. The molecule has 1 amide bonds. The van der Waals surface area contributed by atoms with Crippen molar-refractivity contribution in [1.82, 2.24) is 20.1 Å². The number of aromatic nitrogens is 1. The van der Waals surface area contributed by atoms with Crippen molar-refractivity contribution in [2.45, 2.75) is 32.2 Å². The number of para-hydroxylation sites is 1. The topological polar surface area (TPSA) is 48.5 Å². The highest BCUT2D eigenvalue weighted by atomic mass is 16.2. The third-order valence-corrected chi connectivity index (χ3v) is 5.68. The van der Waals surface area contributed by atoms with E-state index in [2.05, 4.69) is 24.1 Å². The van der Waals surface area contributed by atoms with E-state index in [1.807, 2.05) is 35.2 Å². The number of carbonyl (C=O) groups is 1. The molecule has 0 radical (unpaired) electrons. The highest BCUT2D eigenvalue weighted by molar-refractivity contribution is 6.06. The van der Waals surface area contributed by atoms with Gasteiger partial charge < -0.3 is 10.2 Å². The van der Waals surface area contributed by atoms with Gasteiger partial charge in [-0.15, -0.1) is 0 Å². The number of rotatable bonds is 3. The molecular formula is C21H28N4O. The predicted octanol–water partition coefficient (Wildman–Crippen LogP) is 2.48. The third-order valence-electron chi connectivity index (χ3n) is 5.68. The number of benzene rings is 1. The van der Waals surface area contributed by atoms with Crippen LogP contribution in [0.3, 0.4) is 0 Å². The molecule has 1 aromatic heterocycles. The molecule has 1 N–H and O–H groups in total. The molecule has 2 aromatic rings. The maximum absolute atomic E-state index is 13.3. The van der Waals surface area contributed by atoms with Crippen molar-refractivity contribution in [2.24, 2.45) is 0 Å². The lowest BCUT2D eigenvalue weighted by atomic mass is 10.0.